The molecule has 3 rings (SSSR count). The van der Waals surface area contributed by atoms with Crippen LogP contribution in [-0.4, -0.2) is 74.7 Å². The van der Waals surface area contributed by atoms with Crippen molar-refractivity contribution < 1.29 is 34.2 Å². The first-order valence-corrected chi connectivity index (χ1v) is 13.2. The summed E-state index contributed by atoms with van der Waals surface area (Å²) in [5.41, 5.74) is 13.0. The number of H-pyrrole nitrogens is 1. The summed E-state index contributed by atoms with van der Waals surface area (Å²) < 4.78 is 0. The van der Waals surface area contributed by atoms with Crippen LogP contribution in [0.15, 0.2) is 54.7 Å². The monoisotopic (exact) mass is 584 g/mol. The molecule has 218 valence electrons. The molecule has 4 unspecified atom stereocenters. The number of fused-ring (bicyclic) bond motifs is 1. The predicted molar refractivity (Wildman–Crippen MR) is 153 cm³/mol. The third-order valence-electron chi connectivity index (χ3n) is 6.29. The number of hydrogen-bond acceptors (Lipinski definition) is 8. The number of nitrogens with two attached hydrogens (primary N) is 2. The standard InChI is InChI=1S/C27H32N6O7S/c28-18(13-41)24(36)31-20(9-14-5-7-16(34)8-6-14)25(37)32-21(11-23(29)35)26(38)33-22(27(39)40)10-15-12-30-19-4-2-1-3-17(15)19/h1-8,12,18,20-22,30,34,41H,9-11,13,28H2,(H2,29,35)(H,31,36)(H,32,37)(H,33,38)(H,39,40). The van der Waals surface area contributed by atoms with Crippen LogP contribution < -0.4 is 27.4 Å². The number of amides is 4. The summed E-state index contributed by atoms with van der Waals surface area (Å²) in [6.07, 6.45) is 0.873. The first-order valence-electron chi connectivity index (χ1n) is 12.6. The summed E-state index contributed by atoms with van der Waals surface area (Å²) in [7, 11) is 0. The number of nitrogens with one attached hydrogen (secondary N) is 4. The molecule has 0 aliphatic rings. The molecule has 1 heterocycles. The molecule has 41 heavy (non-hydrogen) atoms. The fourth-order valence-corrected chi connectivity index (χ4v) is 4.28. The molecule has 4 atom stereocenters. The smallest absolute Gasteiger partial charge is 0.326 e. The van der Waals surface area contributed by atoms with Crippen LogP contribution in [0.1, 0.15) is 17.5 Å². The molecule has 14 heteroatoms. The van der Waals surface area contributed by atoms with Crippen molar-refractivity contribution in [2.45, 2.75) is 43.4 Å². The Hall–Kier alpha value is -4.56. The summed E-state index contributed by atoms with van der Waals surface area (Å²) >= 11 is 3.99. The first kappa shape index (κ1) is 31.0. The molecule has 0 spiro atoms. The second kappa shape index (κ2) is 14.2. The summed E-state index contributed by atoms with van der Waals surface area (Å²) in [5, 5.41) is 27.4. The summed E-state index contributed by atoms with van der Waals surface area (Å²) in [4.78, 5) is 65.8. The molecule has 3 aromatic rings. The number of hydrogen-bond donors (Lipinski definition) is 9. The Morgan fingerprint density at radius 2 is 1.46 bits per heavy atom. The Labute approximate surface area is 240 Å². The van der Waals surface area contributed by atoms with Gasteiger partial charge < -0.3 is 42.6 Å². The maximum atomic E-state index is 13.3. The van der Waals surface area contributed by atoms with E-state index in [0.29, 0.717) is 11.1 Å². The highest BCUT2D eigenvalue weighted by Crippen LogP contribution is 2.19. The van der Waals surface area contributed by atoms with E-state index >= 15 is 0 Å². The van der Waals surface area contributed by atoms with Gasteiger partial charge in [0, 0.05) is 35.7 Å². The highest BCUT2D eigenvalue weighted by Gasteiger charge is 2.31. The van der Waals surface area contributed by atoms with Crippen molar-refractivity contribution in [1.82, 2.24) is 20.9 Å². The van der Waals surface area contributed by atoms with E-state index in [9.17, 15) is 34.2 Å². The fourth-order valence-electron chi connectivity index (χ4n) is 4.11. The lowest BCUT2D eigenvalue weighted by molar-refractivity contribution is -0.142. The van der Waals surface area contributed by atoms with Gasteiger partial charge in [0.25, 0.3) is 0 Å². The normalized spacial score (nSPS) is 13.9. The van der Waals surface area contributed by atoms with E-state index in [1.165, 1.54) is 24.3 Å². The number of aromatic amines is 1. The van der Waals surface area contributed by atoms with E-state index in [0.717, 1.165) is 10.9 Å². The number of primary amides is 1. The van der Waals surface area contributed by atoms with Gasteiger partial charge in [0.2, 0.25) is 23.6 Å². The summed E-state index contributed by atoms with van der Waals surface area (Å²) in [5.74, 6) is -4.74. The Balaban J connectivity index is 1.79. The average Bonchev–Trinajstić information content (AvgIpc) is 3.34. The van der Waals surface area contributed by atoms with Crippen molar-refractivity contribution in [1.29, 1.82) is 0 Å². The average molecular weight is 585 g/mol. The summed E-state index contributed by atoms with van der Waals surface area (Å²) in [6, 6.07) is 7.90. The number of rotatable bonds is 14. The van der Waals surface area contributed by atoms with Crippen LogP contribution in [0, 0.1) is 0 Å². The minimum absolute atomic E-state index is 0.000899. The van der Waals surface area contributed by atoms with Crippen molar-refractivity contribution in [2.75, 3.05) is 5.75 Å². The number of aromatic hydroxyl groups is 1. The molecular formula is C27H32N6O7S. The first-order chi connectivity index (χ1) is 19.5. The number of phenolic OH excluding ortho intramolecular Hbond substituents is 1. The number of carbonyl (C=O) groups excluding carboxylic acids is 4. The Morgan fingerprint density at radius 1 is 0.854 bits per heavy atom. The highest BCUT2D eigenvalue weighted by molar-refractivity contribution is 7.80. The van der Waals surface area contributed by atoms with Crippen LogP contribution in [0.25, 0.3) is 10.9 Å². The van der Waals surface area contributed by atoms with E-state index in [2.05, 4.69) is 33.6 Å². The number of aromatic nitrogens is 1. The topological polar surface area (TPSA) is 230 Å². The van der Waals surface area contributed by atoms with E-state index in [1.807, 2.05) is 12.1 Å². The van der Waals surface area contributed by atoms with Gasteiger partial charge in [0.05, 0.1) is 12.5 Å². The predicted octanol–water partition coefficient (Wildman–Crippen LogP) is -0.670. The zero-order valence-corrected chi connectivity index (χ0v) is 22.8. The van der Waals surface area contributed by atoms with Gasteiger partial charge in [-0.1, -0.05) is 30.3 Å². The fraction of sp³-hybridized carbons (Fsp3) is 0.296. The van der Waals surface area contributed by atoms with E-state index in [1.54, 1.807) is 18.3 Å². The molecule has 4 amide bonds. The molecule has 0 bridgehead atoms. The number of para-hydroxylation sites is 1. The SMILES string of the molecule is NC(=O)CC(NC(=O)C(Cc1ccc(O)cc1)NC(=O)C(N)CS)C(=O)NC(Cc1c[nH]c2ccccc12)C(=O)O. The van der Waals surface area contributed by atoms with Gasteiger partial charge in [-0.15, -0.1) is 0 Å². The third-order valence-corrected chi connectivity index (χ3v) is 6.69. The van der Waals surface area contributed by atoms with Crippen molar-refractivity contribution >= 4 is 53.1 Å². The maximum absolute atomic E-state index is 13.3. The number of carboxylic acid groups (broad SMARTS) is 1. The number of benzene rings is 2. The van der Waals surface area contributed by atoms with E-state index in [-0.39, 0.29) is 24.3 Å². The Morgan fingerprint density at radius 3 is 2.10 bits per heavy atom. The van der Waals surface area contributed by atoms with Crippen LogP contribution >= 0.6 is 12.6 Å². The molecule has 0 fully saturated rings. The quantitative estimate of drug-likeness (QED) is 0.110. The third kappa shape index (κ3) is 8.71. The maximum Gasteiger partial charge on any atom is 0.326 e. The van der Waals surface area contributed by atoms with E-state index < -0.39 is 60.2 Å². The van der Waals surface area contributed by atoms with Gasteiger partial charge in [0.1, 0.15) is 23.9 Å². The number of aliphatic carboxylic acids is 1. The van der Waals surface area contributed by atoms with Crippen LogP contribution in [-0.2, 0) is 36.8 Å². The van der Waals surface area contributed by atoms with E-state index in [4.69, 9.17) is 11.5 Å². The second-order valence-corrected chi connectivity index (χ2v) is 9.78. The lowest BCUT2D eigenvalue weighted by Gasteiger charge is -2.25. The molecular weight excluding hydrogens is 552 g/mol. The number of thiol groups is 1. The van der Waals surface area contributed by atoms with Gasteiger partial charge in [-0.2, -0.15) is 12.6 Å². The van der Waals surface area contributed by atoms with Crippen LogP contribution in [0.3, 0.4) is 0 Å². The summed E-state index contributed by atoms with van der Waals surface area (Å²) in [6.45, 7) is 0. The van der Waals surface area contributed by atoms with Crippen LogP contribution in [0.4, 0.5) is 0 Å². The van der Waals surface area contributed by atoms with Crippen molar-refractivity contribution in [3.8, 4) is 5.75 Å². The van der Waals surface area contributed by atoms with Gasteiger partial charge in [-0.05, 0) is 29.3 Å². The largest absolute Gasteiger partial charge is 0.508 e. The number of carbonyl (C=O) groups is 5. The van der Waals surface area contributed by atoms with Crippen molar-refractivity contribution in [3.05, 3.63) is 65.9 Å². The highest BCUT2D eigenvalue weighted by atomic mass is 32.1. The van der Waals surface area contributed by atoms with Crippen LogP contribution in [0.2, 0.25) is 0 Å². The molecule has 0 radical (unpaired) electrons. The molecule has 0 saturated heterocycles. The Bertz CT molecular complexity index is 1410. The number of carboxylic acids is 1. The minimum Gasteiger partial charge on any atom is -0.508 e. The lowest BCUT2D eigenvalue weighted by Crippen LogP contribution is -2.58. The zero-order valence-electron chi connectivity index (χ0n) is 21.9. The minimum atomic E-state index is -1.54. The Kier molecular flexibility index (Phi) is 10.7. The van der Waals surface area contributed by atoms with Gasteiger partial charge in [-0.3, -0.25) is 19.2 Å². The zero-order chi connectivity index (χ0) is 30.1. The molecule has 10 N–H and O–H groups in total. The molecule has 2 aromatic carbocycles. The van der Waals surface area contributed by atoms with Gasteiger partial charge in [-0.25, -0.2) is 4.79 Å². The molecule has 0 saturated carbocycles. The molecule has 1 aromatic heterocycles. The molecule has 0 aliphatic heterocycles. The van der Waals surface area contributed by atoms with Gasteiger partial charge >= 0.3 is 5.97 Å². The van der Waals surface area contributed by atoms with Crippen molar-refractivity contribution in [3.63, 3.8) is 0 Å². The number of phenols is 1. The second-order valence-electron chi connectivity index (χ2n) is 9.42. The van der Waals surface area contributed by atoms with Crippen LogP contribution in [0.5, 0.6) is 5.75 Å². The lowest BCUT2D eigenvalue weighted by atomic mass is 10.0. The van der Waals surface area contributed by atoms with Gasteiger partial charge in [0.15, 0.2) is 0 Å². The van der Waals surface area contributed by atoms with Crippen molar-refractivity contribution in [2.24, 2.45) is 11.5 Å². The molecule has 0 aliphatic carbocycles. The molecule has 13 nitrogen and oxygen atoms in total.